The number of amides is 4. The van der Waals surface area contributed by atoms with Gasteiger partial charge in [-0.1, -0.05) is 97.1 Å². The average molecular weight is 701 g/mol. The SMILES string of the molecule is CN(C(=O)[C@@H]1CCCN1C(=O)OCc1ccccc1)c1ccc(C=Cc2ccc(N(C)C(=O)[C@@H]3CCCN3C(=O)OCc3ccccc3)cc2)cc1. The third-order valence-electron chi connectivity index (χ3n) is 9.65. The van der Waals surface area contributed by atoms with E-state index in [0.717, 1.165) is 46.5 Å². The Morgan fingerprint density at radius 3 is 1.31 bits per heavy atom. The molecular weight excluding hydrogens is 656 g/mol. The Hall–Kier alpha value is -5.90. The number of nitrogens with zero attached hydrogens (tertiary/aromatic N) is 4. The smallest absolute Gasteiger partial charge is 0.410 e. The predicted octanol–water partition coefficient (Wildman–Crippen LogP) is 7.39. The summed E-state index contributed by atoms with van der Waals surface area (Å²) in [6.45, 7) is 1.30. The lowest BCUT2D eigenvalue weighted by Crippen LogP contribution is -2.46. The van der Waals surface area contributed by atoms with Crippen molar-refractivity contribution in [2.24, 2.45) is 0 Å². The molecule has 0 spiro atoms. The van der Waals surface area contributed by atoms with E-state index in [4.69, 9.17) is 9.47 Å². The van der Waals surface area contributed by atoms with Crippen LogP contribution in [0.4, 0.5) is 21.0 Å². The van der Waals surface area contributed by atoms with Crippen LogP contribution >= 0.6 is 0 Å². The molecule has 268 valence electrons. The minimum Gasteiger partial charge on any atom is -0.445 e. The van der Waals surface area contributed by atoms with E-state index in [0.29, 0.717) is 25.9 Å². The molecule has 10 heteroatoms. The maximum absolute atomic E-state index is 13.5. The highest BCUT2D eigenvalue weighted by Gasteiger charge is 2.38. The van der Waals surface area contributed by atoms with Gasteiger partial charge in [0.2, 0.25) is 11.8 Å². The van der Waals surface area contributed by atoms with Crippen molar-refractivity contribution in [3.05, 3.63) is 131 Å². The molecule has 0 unspecified atom stereocenters. The van der Waals surface area contributed by atoms with Gasteiger partial charge in [-0.15, -0.1) is 0 Å². The van der Waals surface area contributed by atoms with E-state index < -0.39 is 24.3 Å². The molecule has 4 aromatic rings. The van der Waals surface area contributed by atoms with Gasteiger partial charge < -0.3 is 19.3 Å². The Bertz CT molecular complexity index is 1730. The van der Waals surface area contributed by atoms with Crippen molar-refractivity contribution in [1.29, 1.82) is 0 Å². The average Bonchev–Trinajstić information content (AvgIpc) is 3.90. The molecule has 2 atom stereocenters. The topological polar surface area (TPSA) is 99.7 Å². The molecule has 4 aromatic carbocycles. The van der Waals surface area contributed by atoms with Crippen LogP contribution in [0, 0.1) is 0 Å². The molecule has 6 rings (SSSR count). The maximum atomic E-state index is 13.5. The van der Waals surface area contributed by atoms with Gasteiger partial charge in [0.15, 0.2) is 0 Å². The molecule has 0 aliphatic carbocycles. The first-order chi connectivity index (χ1) is 25.3. The highest BCUT2D eigenvalue weighted by Crippen LogP contribution is 2.26. The molecule has 10 nitrogen and oxygen atoms in total. The summed E-state index contributed by atoms with van der Waals surface area (Å²) >= 11 is 0. The molecule has 2 aliphatic heterocycles. The Morgan fingerprint density at radius 1 is 0.577 bits per heavy atom. The van der Waals surface area contributed by atoms with Crippen molar-refractivity contribution in [3.63, 3.8) is 0 Å². The summed E-state index contributed by atoms with van der Waals surface area (Å²) in [5.74, 6) is -0.297. The van der Waals surface area contributed by atoms with Gasteiger partial charge in [0.05, 0.1) is 0 Å². The molecule has 0 aromatic heterocycles. The number of likely N-dealkylation sites (tertiary alicyclic amines) is 2. The summed E-state index contributed by atoms with van der Waals surface area (Å²) in [5, 5.41) is 0. The van der Waals surface area contributed by atoms with Gasteiger partial charge in [0, 0.05) is 38.6 Å². The van der Waals surface area contributed by atoms with Gasteiger partial charge in [0.1, 0.15) is 25.3 Å². The van der Waals surface area contributed by atoms with E-state index in [1.54, 1.807) is 23.9 Å². The number of ether oxygens (including phenoxy) is 2. The second-order valence-electron chi connectivity index (χ2n) is 13.1. The zero-order valence-corrected chi connectivity index (χ0v) is 29.6. The Labute approximate surface area is 304 Å². The lowest BCUT2D eigenvalue weighted by molar-refractivity contribution is -0.122. The van der Waals surface area contributed by atoms with Crippen molar-refractivity contribution >= 4 is 47.5 Å². The molecule has 0 N–H and O–H groups in total. The molecule has 2 aliphatic rings. The first-order valence-electron chi connectivity index (χ1n) is 17.7. The standard InChI is InChI=1S/C42H44N4O6/c1-43(39(47)37-15-9-27-45(37)41(49)51-29-33-11-5-3-6-12-33)35-23-19-31(20-24-35)17-18-32-21-25-36(26-22-32)44(2)40(48)38-16-10-28-46(38)42(50)52-30-34-13-7-4-8-14-34/h3-8,11-14,17-26,37-38H,9-10,15-16,27-30H2,1-2H3/t37-,38-/m0/s1. The zero-order valence-electron chi connectivity index (χ0n) is 29.6. The van der Waals surface area contributed by atoms with Crippen LogP contribution in [-0.2, 0) is 32.3 Å². The van der Waals surface area contributed by atoms with Crippen LogP contribution in [0.2, 0.25) is 0 Å². The van der Waals surface area contributed by atoms with Crippen LogP contribution in [0.3, 0.4) is 0 Å². The summed E-state index contributed by atoms with van der Waals surface area (Å²) in [7, 11) is 3.45. The zero-order chi connectivity index (χ0) is 36.5. The summed E-state index contributed by atoms with van der Waals surface area (Å²) in [4.78, 5) is 58.9. The fourth-order valence-corrected chi connectivity index (χ4v) is 6.60. The van der Waals surface area contributed by atoms with Gasteiger partial charge in [-0.2, -0.15) is 0 Å². The number of carbonyl (C=O) groups excluding carboxylic acids is 4. The third kappa shape index (κ3) is 8.69. The highest BCUT2D eigenvalue weighted by molar-refractivity contribution is 5.99. The normalized spacial score (nSPS) is 16.9. The first kappa shape index (κ1) is 35.9. The number of carbonyl (C=O) groups is 4. The van der Waals surface area contributed by atoms with E-state index in [9.17, 15) is 19.2 Å². The molecular formula is C42H44N4O6. The summed E-state index contributed by atoms with van der Waals surface area (Å²) in [5.41, 5.74) is 5.16. The van der Waals surface area contributed by atoms with Crippen LogP contribution in [-0.4, -0.2) is 73.1 Å². The lowest BCUT2D eigenvalue weighted by atomic mass is 10.1. The first-order valence-corrected chi connectivity index (χ1v) is 17.7. The van der Waals surface area contributed by atoms with Crippen molar-refractivity contribution in [3.8, 4) is 0 Å². The van der Waals surface area contributed by atoms with Crippen molar-refractivity contribution in [1.82, 2.24) is 9.80 Å². The van der Waals surface area contributed by atoms with E-state index >= 15 is 0 Å². The van der Waals surface area contributed by atoms with E-state index in [1.165, 1.54) is 9.80 Å². The van der Waals surface area contributed by atoms with Gasteiger partial charge in [0.25, 0.3) is 0 Å². The number of rotatable bonds is 10. The molecule has 0 bridgehead atoms. The van der Waals surface area contributed by atoms with Crippen LogP contribution in [0.1, 0.15) is 47.9 Å². The second kappa shape index (κ2) is 16.9. The van der Waals surface area contributed by atoms with Crippen LogP contribution in [0.25, 0.3) is 12.2 Å². The largest absolute Gasteiger partial charge is 0.445 e. The molecule has 0 saturated carbocycles. The van der Waals surface area contributed by atoms with Crippen LogP contribution in [0.5, 0.6) is 0 Å². The van der Waals surface area contributed by atoms with Crippen molar-refractivity contribution in [2.75, 3.05) is 37.0 Å². The number of benzene rings is 4. The Morgan fingerprint density at radius 2 is 0.942 bits per heavy atom. The lowest BCUT2D eigenvalue weighted by Gasteiger charge is -2.27. The van der Waals surface area contributed by atoms with Gasteiger partial charge in [-0.3, -0.25) is 19.4 Å². The molecule has 4 amide bonds. The molecule has 2 fully saturated rings. The quantitative estimate of drug-likeness (QED) is 0.160. The van der Waals surface area contributed by atoms with Gasteiger partial charge in [-0.05, 0) is 72.2 Å². The third-order valence-corrected chi connectivity index (χ3v) is 9.65. The molecule has 2 saturated heterocycles. The van der Waals surface area contributed by atoms with Crippen molar-refractivity contribution in [2.45, 2.75) is 51.0 Å². The molecule has 2 heterocycles. The minimum absolute atomic E-state index is 0.148. The fraction of sp³-hybridized carbons (Fsp3) is 0.286. The van der Waals surface area contributed by atoms with Gasteiger partial charge >= 0.3 is 12.2 Å². The van der Waals surface area contributed by atoms with E-state index in [2.05, 4.69) is 0 Å². The van der Waals surface area contributed by atoms with Gasteiger partial charge in [-0.25, -0.2) is 9.59 Å². The summed E-state index contributed by atoms with van der Waals surface area (Å²) < 4.78 is 11.0. The fourth-order valence-electron chi connectivity index (χ4n) is 6.60. The second-order valence-corrected chi connectivity index (χ2v) is 13.1. The highest BCUT2D eigenvalue weighted by atomic mass is 16.6. The Balaban J connectivity index is 1.00. The number of hydrogen-bond donors (Lipinski definition) is 0. The number of likely N-dealkylation sites (N-methyl/N-ethyl adjacent to an activating group) is 2. The maximum Gasteiger partial charge on any atom is 0.410 e. The number of hydrogen-bond acceptors (Lipinski definition) is 6. The molecule has 52 heavy (non-hydrogen) atoms. The van der Waals surface area contributed by atoms with Crippen LogP contribution < -0.4 is 9.80 Å². The molecule has 0 radical (unpaired) electrons. The summed E-state index contributed by atoms with van der Waals surface area (Å²) in [6.07, 6.45) is 5.68. The van der Waals surface area contributed by atoms with Crippen LogP contribution in [0.15, 0.2) is 109 Å². The summed E-state index contributed by atoms with van der Waals surface area (Å²) in [6, 6.07) is 33.1. The van der Waals surface area contributed by atoms with Crippen molar-refractivity contribution < 1.29 is 28.7 Å². The number of anilines is 2. The van der Waals surface area contributed by atoms with E-state index in [1.807, 2.05) is 121 Å². The monoisotopic (exact) mass is 700 g/mol. The predicted molar refractivity (Wildman–Crippen MR) is 201 cm³/mol. The van der Waals surface area contributed by atoms with E-state index in [-0.39, 0.29) is 25.0 Å². The Kier molecular flexibility index (Phi) is 11.7. The minimum atomic E-state index is -0.566.